The normalized spacial score (nSPS) is 11.5. The van der Waals surface area contributed by atoms with Crippen molar-refractivity contribution in [3.63, 3.8) is 0 Å². The van der Waals surface area contributed by atoms with E-state index >= 15 is 0 Å². The third-order valence-electron chi connectivity index (χ3n) is 4.33. The van der Waals surface area contributed by atoms with Crippen LogP contribution in [0.25, 0.3) is 0 Å². The molecule has 0 atom stereocenters. The molecule has 27 heavy (non-hydrogen) atoms. The van der Waals surface area contributed by atoms with Crippen LogP contribution < -0.4 is 16.0 Å². The Balaban J connectivity index is 0.00000676. The van der Waals surface area contributed by atoms with Gasteiger partial charge in [0.25, 0.3) is 5.91 Å². The van der Waals surface area contributed by atoms with E-state index in [0.717, 1.165) is 37.6 Å². The van der Waals surface area contributed by atoms with Gasteiger partial charge in [-0.05, 0) is 51.8 Å². The molecule has 1 rings (SSSR count). The second-order valence-corrected chi connectivity index (χ2v) is 6.88. The number of benzene rings is 1. The third-order valence-corrected chi connectivity index (χ3v) is 4.33. The molecule has 1 aromatic rings. The summed E-state index contributed by atoms with van der Waals surface area (Å²) >= 11 is 0. The smallest absolute Gasteiger partial charge is 0.251 e. The van der Waals surface area contributed by atoms with Gasteiger partial charge in [-0.15, -0.1) is 24.0 Å². The molecule has 0 unspecified atom stereocenters. The van der Waals surface area contributed by atoms with E-state index in [1.807, 2.05) is 24.3 Å². The van der Waals surface area contributed by atoms with Gasteiger partial charge in [-0.25, -0.2) is 0 Å². The molecule has 0 aromatic heterocycles. The average molecular weight is 489 g/mol. The second kappa shape index (κ2) is 13.8. The van der Waals surface area contributed by atoms with E-state index in [4.69, 9.17) is 0 Å². The molecule has 1 amide bonds. The summed E-state index contributed by atoms with van der Waals surface area (Å²) in [6.45, 7) is 11.5. The van der Waals surface area contributed by atoms with E-state index in [1.54, 1.807) is 14.1 Å². The monoisotopic (exact) mass is 489 g/mol. The SMILES string of the molecule is CN=C(NCCc1cccc(C(=O)NC)c1)NCCN(C(C)C)C(C)C.I. The highest BCUT2D eigenvalue weighted by Gasteiger charge is 2.12. The Morgan fingerprint density at radius 3 is 2.30 bits per heavy atom. The Bertz CT molecular complexity index is 581. The molecule has 3 N–H and O–H groups in total. The first-order valence-electron chi connectivity index (χ1n) is 9.40. The lowest BCUT2D eigenvalue weighted by Gasteiger charge is -2.30. The molecule has 1 aromatic carbocycles. The fourth-order valence-corrected chi connectivity index (χ4v) is 2.97. The van der Waals surface area contributed by atoms with Crippen LogP contribution >= 0.6 is 24.0 Å². The Labute approximate surface area is 181 Å². The van der Waals surface area contributed by atoms with Gasteiger partial charge in [0.15, 0.2) is 5.96 Å². The molecule has 0 saturated heterocycles. The van der Waals surface area contributed by atoms with Crippen molar-refractivity contribution in [2.75, 3.05) is 33.7 Å². The zero-order valence-electron chi connectivity index (χ0n) is 17.5. The fourth-order valence-electron chi connectivity index (χ4n) is 2.97. The van der Waals surface area contributed by atoms with Gasteiger partial charge in [0.2, 0.25) is 0 Å². The summed E-state index contributed by atoms with van der Waals surface area (Å²) in [5.41, 5.74) is 1.81. The fraction of sp³-hybridized carbons (Fsp3) is 0.600. The molecular formula is C20H36IN5O. The van der Waals surface area contributed by atoms with E-state index < -0.39 is 0 Å². The van der Waals surface area contributed by atoms with Crippen LogP contribution in [0.1, 0.15) is 43.6 Å². The number of nitrogens with one attached hydrogen (secondary N) is 3. The standard InChI is InChI=1S/C20H35N5O.HI/c1-15(2)25(16(3)4)13-12-24-20(22-6)23-11-10-17-8-7-9-18(14-17)19(26)21-5;/h7-9,14-16H,10-13H2,1-6H3,(H,21,26)(H2,22,23,24);1H. The highest BCUT2D eigenvalue weighted by atomic mass is 127. The van der Waals surface area contributed by atoms with Gasteiger partial charge < -0.3 is 16.0 Å². The minimum Gasteiger partial charge on any atom is -0.356 e. The van der Waals surface area contributed by atoms with Gasteiger partial charge in [0, 0.05) is 51.4 Å². The summed E-state index contributed by atoms with van der Waals surface area (Å²) in [6, 6.07) is 8.76. The number of carbonyl (C=O) groups is 1. The number of rotatable bonds is 9. The van der Waals surface area contributed by atoms with E-state index in [-0.39, 0.29) is 29.9 Å². The van der Waals surface area contributed by atoms with Crippen LogP contribution in [0.4, 0.5) is 0 Å². The molecular weight excluding hydrogens is 453 g/mol. The number of carbonyl (C=O) groups excluding carboxylic acids is 1. The molecule has 0 spiro atoms. The van der Waals surface area contributed by atoms with Crippen molar-refractivity contribution in [1.29, 1.82) is 0 Å². The van der Waals surface area contributed by atoms with Gasteiger partial charge in [-0.3, -0.25) is 14.7 Å². The summed E-state index contributed by atoms with van der Waals surface area (Å²) < 4.78 is 0. The Kier molecular flexibility index (Phi) is 13.1. The lowest BCUT2D eigenvalue weighted by Crippen LogP contribution is -2.45. The molecule has 0 bridgehead atoms. The van der Waals surface area contributed by atoms with Gasteiger partial charge >= 0.3 is 0 Å². The minimum absolute atomic E-state index is 0. The Morgan fingerprint density at radius 1 is 1.11 bits per heavy atom. The molecule has 6 nitrogen and oxygen atoms in total. The molecule has 0 aliphatic rings. The maximum Gasteiger partial charge on any atom is 0.251 e. The quantitative estimate of drug-likeness (QED) is 0.283. The lowest BCUT2D eigenvalue weighted by molar-refractivity contribution is 0.0963. The topological polar surface area (TPSA) is 68.8 Å². The number of aliphatic imine (C=N–C) groups is 1. The van der Waals surface area contributed by atoms with Crippen LogP contribution in [-0.4, -0.2) is 62.6 Å². The van der Waals surface area contributed by atoms with Crippen LogP contribution in [0, 0.1) is 0 Å². The van der Waals surface area contributed by atoms with E-state index in [0.29, 0.717) is 17.6 Å². The Morgan fingerprint density at radius 2 is 1.74 bits per heavy atom. The molecule has 0 fully saturated rings. The molecule has 0 aliphatic carbocycles. The number of hydrogen-bond acceptors (Lipinski definition) is 3. The summed E-state index contributed by atoms with van der Waals surface area (Å²) in [7, 11) is 3.43. The van der Waals surface area contributed by atoms with Crippen LogP contribution in [0.5, 0.6) is 0 Å². The minimum atomic E-state index is -0.0582. The highest BCUT2D eigenvalue weighted by Crippen LogP contribution is 2.06. The summed E-state index contributed by atoms with van der Waals surface area (Å²) in [6.07, 6.45) is 0.829. The van der Waals surface area contributed by atoms with E-state index in [1.165, 1.54) is 0 Å². The van der Waals surface area contributed by atoms with Gasteiger partial charge in [0.1, 0.15) is 0 Å². The highest BCUT2D eigenvalue weighted by molar-refractivity contribution is 14.0. The van der Waals surface area contributed by atoms with Crippen molar-refractivity contribution in [2.45, 2.75) is 46.2 Å². The summed E-state index contributed by atoms with van der Waals surface area (Å²) in [5.74, 6) is 0.747. The average Bonchev–Trinajstić information content (AvgIpc) is 2.62. The number of hydrogen-bond donors (Lipinski definition) is 3. The van der Waals surface area contributed by atoms with Crippen molar-refractivity contribution in [1.82, 2.24) is 20.9 Å². The van der Waals surface area contributed by atoms with Crippen molar-refractivity contribution in [3.05, 3.63) is 35.4 Å². The first-order chi connectivity index (χ1) is 12.4. The maximum absolute atomic E-state index is 11.7. The number of nitrogens with zero attached hydrogens (tertiary/aromatic N) is 2. The molecule has 7 heteroatoms. The number of halogens is 1. The van der Waals surface area contributed by atoms with Gasteiger partial charge in [-0.1, -0.05) is 12.1 Å². The van der Waals surface area contributed by atoms with Crippen LogP contribution in [-0.2, 0) is 6.42 Å². The van der Waals surface area contributed by atoms with Crippen molar-refractivity contribution in [3.8, 4) is 0 Å². The molecule has 154 valence electrons. The first-order valence-corrected chi connectivity index (χ1v) is 9.40. The summed E-state index contributed by atoms with van der Waals surface area (Å²) in [4.78, 5) is 18.4. The van der Waals surface area contributed by atoms with Gasteiger partial charge in [-0.2, -0.15) is 0 Å². The molecule has 0 saturated carbocycles. The molecule has 0 heterocycles. The van der Waals surface area contributed by atoms with Crippen molar-refractivity contribution in [2.24, 2.45) is 4.99 Å². The van der Waals surface area contributed by atoms with Crippen LogP contribution in [0.3, 0.4) is 0 Å². The molecule has 0 aliphatic heterocycles. The lowest BCUT2D eigenvalue weighted by atomic mass is 10.1. The Hall–Kier alpha value is -1.35. The van der Waals surface area contributed by atoms with Crippen LogP contribution in [0.2, 0.25) is 0 Å². The predicted molar refractivity (Wildman–Crippen MR) is 125 cm³/mol. The second-order valence-electron chi connectivity index (χ2n) is 6.88. The summed E-state index contributed by atoms with van der Waals surface area (Å²) in [5, 5.41) is 9.35. The van der Waals surface area contributed by atoms with Crippen LogP contribution in [0.15, 0.2) is 29.3 Å². The first kappa shape index (κ1) is 25.6. The van der Waals surface area contributed by atoms with E-state index in [2.05, 4.69) is 53.5 Å². The number of guanidine groups is 1. The maximum atomic E-state index is 11.7. The zero-order chi connectivity index (χ0) is 19.5. The zero-order valence-corrected chi connectivity index (χ0v) is 19.8. The van der Waals surface area contributed by atoms with Crippen molar-refractivity contribution < 1.29 is 4.79 Å². The van der Waals surface area contributed by atoms with Crippen molar-refractivity contribution >= 4 is 35.8 Å². The third kappa shape index (κ3) is 9.41. The largest absolute Gasteiger partial charge is 0.356 e. The van der Waals surface area contributed by atoms with E-state index in [9.17, 15) is 4.79 Å². The van der Waals surface area contributed by atoms with Gasteiger partial charge in [0.05, 0.1) is 0 Å². The predicted octanol–water partition coefficient (Wildman–Crippen LogP) is 2.49. The molecule has 0 radical (unpaired) electrons. The number of amides is 1.